The average Bonchev–Trinajstić information content (AvgIpc) is 3.56. The average molecular weight is 561 g/mol. The minimum atomic E-state index is -4.38. The molecule has 2 aliphatic heterocycles. The van der Waals surface area contributed by atoms with E-state index in [1.165, 1.54) is 18.5 Å². The molecule has 2 fully saturated rings. The number of rotatable bonds is 4. The number of aromatic amines is 1. The highest BCUT2D eigenvalue weighted by Crippen LogP contribution is 2.40. The van der Waals surface area contributed by atoms with Gasteiger partial charge >= 0.3 is 6.18 Å². The highest BCUT2D eigenvalue weighted by molar-refractivity contribution is 6.42. The van der Waals surface area contributed by atoms with Crippen molar-refractivity contribution in [1.82, 2.24) is 19.9 Å². The molecule has 1 N–H and O–H groups in total. The molecule has 11 heteroatoms. The van der Waals surface area contributed by atoms with E-state index in [0.717, 1.165) is 60.8 Å². The fourth-order valence-electron chi connectivity index (χ4n) is 5.73. The summed E-state index contributed by atoms with van der Waals surface area (Å²) in [6.45, 7) is 2.01. The first kappa shape index (κ1) is 25.2. The highest BCUT2D eigenvalue weighted by atomic mass is 35.5. The van der Waals surface area contributed by atoms with Crippen LogP contribution < -0.4 is 9.80 Å². The van der Waals surface area contributed by atoms with Crippen LogP contribution in [-0.2, 0) is 6.18 Å². The molecule has 0 radical (unpaired) electrons. The van der Waals surface area contributed by atoms with Crippen LogP contribution >= 0.6 is 23.2 Å². The van der Waals surface area contributed by atoms with Crippen LogP contribution in [0.15, 0.2) is 48.8 Å². The van der Waals surface area contributed by atoms with Crippen molar-refractivity contribution in [3.63, 3.8) is 0 Å². The lowest BCUT2D eigenvalue weighted by molar-refractivity contribution is -0.138. The number of piperidine rings is 1. The van der Waals surface area contributed by atoms with Crippen molar-refractivity contribution in [1.29, 1.82) is 0 Å². The number of hydrogen-bond donors (Lipinski definition) is 1. The minimum Gasteiger partial charge on any atom is -0.356 e. The maximum Gasteiger partial charge on any atom is 0.416 e. The topological polar surface area (TPSA) is 60.9 Å². The van der Waals surface area contributed by atoms with Crippen molar-refractivity contribution in [2.24, 2.45) is 0 Å². The molecular formula is C27H25Cl2F3N6. The third-order valence-corrected chi connectivity index (χ3v) is 8.22. The van der Waals surface area contributed by atoms with Gasteiger partial charge in [0.15, 0.2) is 0 Å². The normalized spacial score (nSPS) is 20.4. The summed E-state index contributed by atoms with van der Waals surface area (Å²) in [7, 11) is 0. The van der Waals surface area contributed by atoms with E-state index < -0.39 is 11.7 Å². The number of nitrogens with zero attached hydrogens (tertiary/aromatic N) is 5. The van der Waals surface area contributed by atoms with Gasteiger partial charge in [-0.05, 0) is 49.4 Å². The summed E-state index contributed by atoms with van der Waals surface area (Å²) in [4.78, 5) is 21.5. The smallest absolute Gasteiger partial charge is 0.356 e. The van der Waals surface area contributed by atoms with E-state index >= 15 is 0 Å². The van der Waals surface area contributed by atoms with Crippen molar-refractivity contribution >= 4 is 45.9 Å². The molecule has 0 amide bonds. The minimum absolute atomic E-state index is 0.00420. The zero-order valence-corrected chi connectivity index (χ0v) is 21.9. The Bertz CT molecular complexity index is 1430. The summed E-state index contributed by atoms with van der Waals surface area (Å²) in [5.74, 6) is 2.08. The Morgan fingerprint density at radius 2 is 1.68 bits per heavy atom. The molecule has 2 atom stereocenters. The maximum atomic E-state index is 13.7. The molecule has 0 aliphatic carbocycles. The first-order valence-electron chi connectivity index (χ1n) is 12.6. The molecule has 2 aromatic heterocycles. The quantitative estimate of drug-likeness (QED) is 0.281. The van der Waals surface area contributed by atoms with Crippen LogP contribution in [0.3, 0.4) is 0 Å². The van der Waals surface area contributed by atoms with Crippen LogP contribution in [0, 0.1) is 0 Å². The number of halogens is 5. The van der Waals surface area contributed by atoms with Gasteiger partial charge in [-0.1, -0.05) is 41.4 Å². The van der Waals surface area contributed by atoms with E-state index in [4.69, 9.17) is 28.2 Å². The molecule has 38 heavy (non-hydrogen) atoms. The molecule has 4 aromatic rings. The van der Waals surface area contributed by atoms with E-state index in [-0.39, 0.29) is 12.0 Å². The van der Waals surface area contributed by atoms with Gasteiger partial charge in [-0.25, -0.2) is 15.0 Å². The summed E-state index contributed by atoms with van der Waals surface area (Å²) in [6, 6.07) is 11.4. The van der Waals surface area contributed by atoms with Crippen LogP contribution in [0.5, 0.6) is 0 Å². The van der Waals surface area contributed by atoms with Crippen LogP contribution in [0.2, 0.25) is 10.0 Å². The molecule has 198 valence electrons. The summed E-state index contributed by atoms with van der Waals surface area (Å²) in [5.41, 5.74) is 1.37. The van der Waals surface area contributed by atoms with Crippen LogP contribution in [0.4, 0.5) is 24.8 Å². The van der Waals surface area contributed by atoms with E-state index in [1.54, 1.807) is 24.3 Å². The number of aromatic nitrogens is 4. The van der Waals surface area contributed by atoms with Gasteiger partial charge in [-0.2, -0.15) is 13.2 Å². The van der Waals surface area contributed by atoms with Gasteiger partial charge in [-0.3, -0.25) is 0 Å². The molecule has 0 bridgehead atoms. The number of hydrogen-bond acceptors (Lipinski definition) is 5. The lowest BCUT2D eigenvalue weighted by Gasteiger charge is -2.35. The SMILES string of the molecule is FC(F)(F)c1ccccc1C1CCCN(c2cc(N3CCC[C@H]3c3nc4cc(Cl)c(Cl)cc4[nH]3)ncn2)C1. The largest absolute Gasteiger partial charge is 0.416 e. The van der Waals surface area contributed by atoms with Crippen molar-refractivity contribution in [3.05, 3.63) is 75.8 Å². The van der Waals surface area contributed by atoms with Gasteiger partial charge in [0, 0.05) is 31.6 Å². The van der Waals surface area contributed by atoms with Gasteiger partial charge in [0.2, 0.25) is 0 Å². The number of H-pyrrole nitrogens is 1. The second kappa shape index (κ2) is 9.93. The standard InChI is InChI=1S/C27H25Cl2F3N6/c28-19-11-21-22(12-20(19)29)36-26(35-21)23-8-4-10-38(23)25-13-24(33-15-34-25)37-9-3-5-16(14-37)17-6-1-2-7-18(17)27(30,31)32/h1-2,6-7,11-13,15-16,23H,3-5,8-10,14H2,(H,35,36)/t16?,23-/m0/s1. The molecule has 0 saturated carbocycles. The van der Waals surface area contributed by atoms with E-state index in [1.807, 2.05) is 6.07 Å². The van der Waals surface area contributed by atoms with Crippen molar-refractivity contribution in [2.45, 2.75) is 43.8 Å². The molecule has 2 saturated heterocycles. The Morgan fingerprint density at radius 3 is 2.53 bits per heavy atom. The summed E-state index contributed by atoms with van der Waals surface area (Å²) < 4.78 is 41.0. The fourth-order valence-corrected chi connectivity index (χ4v) is 6.05. The van der Waals surface area contributed by atoms with Crippen LogP contribution in [0.25, 0.3) is 11.0 Å². The third-order valence-electron chi connectivity index (χ3n) is 7.49. The molecule has 2 aliphatic rings. The van der Waals surface area contributed by atoms with Crippen molar-refractivity contribution < 1.29 is 13.2 Å². The molecule has 6 rings (SSSR count). The predicted octanol–water partition coefficient (Wildman–Crippen LogP) is 7.40. The van der Waals surface area contributed by atoms with Gasteiger partial charge in [-0.15, -0.1) is 0 Å². The van der Waals surface area contributed by atoms with E-state index in [0.29, 0.717) is 28.6 Å². The van der Waals surface area contributed by atoms with E-state index in [9.17, 15) is 13.2 Å². The highest BCUT2D eigenvalue weighted by Gasteiger charge is 2.36. The summed E-state index contributed by atoms with van der Waals surface area (Å²) in [5, 5.41) is 0.925. The van der Waals surface area contributed by atoms with Crippen LogP contribution in [0.1, 0.15) is 54.6 Å². The first-order valence-corrected chi connectivity index (χ1v) is 13.4. The second-order valence-electron chi connectivity index (χ2n) is 9.86. The Balaban J connectivity index is 1.26. The molecule has 4 heterocycles. The van der Waals surface area contributed by atoms with Gasteiger partial charge in [0.05, 0.1) is 32.7 Å². The summed E-state index contributed by atoms with van der Waals surface area (Å²) >= 11 is 12.4. The lowest BCUT2D eigenvalue weighted by atomic mass is 9.87. The van der Waals surface area contributed by atoms with E-state index in [2.05, 4.69) is 24.8 Å². The van der Waals surface area contributed by atoms with Gasteiger partial charge in [0.1, 0.15) is 23.8 Å². The molecule has 0 spiro atoms. The zero-order valence-electron chi connectivity index (χ0n) is 20.3. The maximum absolute atomic E-state index is 13.7. The van der Waals surface area contributed by atoms with Crippen molar-refractivity contribution in [2.75, 3.05) is 29.4 Å². The molecule has 1 unspecified atom stereocenters. The Morgan fingerprint density at radius 1 is 0.921 bits per heavy atom. The summed E-state index contributed by atoms with van der Waals surface area (Å²) in [6.07, 6.45) is 0.524. The third kappa shape index (κ3) is 4.78. The Hall–Kier alpha value is -3.04. The molecule has 6 nitrogen and oxygen atoms in total. The number of imidazole rings is 1. The fraction of sp³-hybridized carbons (Fsp3) is 0.370. The molecular weight excluding hydrogens is 536 g/mol. The van der Waals surface area contributed by atoms with Crippen LogP contribution in [-0.4, -0.2) is 39.6 Å². The Kier molecular flexibility index (Phi) is 6.60. The molecule has 2 aromatic carbocycles. The zero-order chi connectivity index (χ0) is 26.4. The number of anilines is 2. The predicted molar refractivity (Wildman–Crippen MR) is 143 cm³/mol. The number of alkyl halides is 3. The van der Waals surface area contributed by atoms with Crippen molar-refractivity contribution in [3.8, 4) is 0 Å². The number of benzene rings is 2. The van der Waals surface area contributed by atoms with Gasteiger partial charge in [0.25, 0.3) is 0 Å². The lowest BCUT2D eigenvalue weighted by Crippen LogP contribution is -2.36. The Labute approximate surface area is 227 Å². The van der Waals surface area contributed by atoms with Gasteiger partial charge < -0.3 is 14.8 Å². The number of nitrogens with one attached hydrogen (secondary N) is 1. The monoisotopic (exact) mass is 560 g/mol. The second-order valence-corrected chi connectivity index (χ2v) is 10.7. The first-order chi connectivity index (χ1) is 18.3. The number of fused-ring (bicyclic) bond motifs is 1.